The van der Waals surface area contributed by atoms with Crippen LogP contribution in [0.4, 0.5) is 4.79 Å². The fourth-order valence-electron chi connectivity index (χ4n) is 10.3. The van der Waals surface area contributed by atoms with E-state index in [0.717, 1.165) is 11.1 Å². The van der Waals surface area contributed by atoms with E-state index in [2.05, 4.69) is 40.6 Å². The Balaban J connectivity index is 1.13. The van der Waals surface area contributed by atoms with Crippen LogP contribution in [0.15, 0.2) is 54.6 Å². The average molecular weight is 847 g/mol. The molecule has 4 aromatic carbocycles. The summed E-state index contributed by atoms with van der Waals surface area (Å²) in [6, 6.07) is 17.2. The molecule has 1 aliphatic carbocycles. The third-order valence-electron chi connectivity index (χ3n) is 13.2. The second-order valence-corrected chi connectivity index (χ2v) is 18.8. The number of carbonyl (C=O) groups excluding carboxylic acids is 2. The number of nitriles is 1. The van der Waals surface area contributed by atoms with Crippen molar-refractivity contribution in [2.75, 3.05) is 32.3 Å². The fraction of sp³-hybridized carbons (Fsp3) is 0.438. The summed E-state index contributed by atoms with van der Waals surface area (Å²) in [5, 5.41) is 49.2. The van der Waals surface area contributed by atoms with Gasteiger partial charge in [0.25, 0.3) is 0 Å². The average Bonchev–Trinajstić information content (AvgIpc) is 3.53. The number of ether oxygens (including phenoxy) is 3. The number of hydrogen-bond acceptors (Lipinski definition) is 12. The first-order valence-electron chi connectivity index (χ1n) is 20.8. The van der Waals surface area contributed by atoms with Crippen molar-refractivity contribution in [3.8, 4) is 40.2 Å². The summed E-state index contributed by atoms with van der Waals surface area (Å²) in [6.07, 6.45) is -0.0629. The van der Waals surface area contributed by atoms with E-state index in [0.29, 0.717) is 45.7 Å². The van der Waals surface area contributed by atoms with Crippen molar-refractivity contribution in [3.05, 3.63) is 105 Å². The number of likely N-dealkylation sites (N-methyl/N-ethyl adjacent to an activating group) is 1. The minimum Gasteiger partial charge on any atom is -0.507 e. The lowest BCUT2D eigenvalue weighted by Gasteiger charge is -2.59. The van der Waals surface area contributed by atoms with E-state index < -0.39 is 47.9 Å². The van der Waals surface area contributed by atoms with Crippen LogP contribution in [0.2, 0.25) is 0 Å². The summed E-state index contributed by atoms with van der Waals surface area (Å²) in [4.78, 5) is 31.8. The van der Waals surface area contributed by atoms with Gasteiger partial charge in [-0.3, -0.25) is 9.80 Å². The summed E-state index contributed by atoms with van der Waals surface area (Å²) in [5.41, 5.74) is 8.26. The molecule has 6 atom stereocenters. The van der Waals surface area contributed by atoms with Gasteiger partial charge in [-0.25, -0.2) is 9.59 Å². The summed E-state index contributed by atoms with van der Waals surface area (Å²) < 4.78 is 17.5. The number of nitrogens with zero attached hydrogens (tertiary/aromatic N) is 3. The van der Waals surface area contributed by atoms with E-state index in [1.807, 2.05) is 49.2 Å². The molecule has 3 aliphatic heterocycles. The number of benzene rings is 4. The molecule has 2 bridgehead atoms. The summed E-state index contributed by atoms with van der Waals surface area (Å²) in [5.74, 6) is 0.598. The summed E-state index contributed by atoms with van der Waals surface area (Å²) in [6.45, 7) is 10.3. The molecule has 4 aromatic rings. The van der Waals surface area contributed by atoms with Crippen LogP contribution in [0.1, 0.15) is 88.8 Å². The molecule has 4 N–H and O–H groups in total. The Morgan fingerprint density at radius 2 is 1.57 bits per heavy atom. The Kier molecular flexibility index (Phi) is 11.2. The molecule has 12 nitrogen and oxygen atoms in total. The zero-order chi connectivity index (χ0) is 43.7. The van der Waals surface area contributed by atoms with Crippen molar-refractivity contribution in [1.29, 1.82) is 5.26 Å². The highest BCUT2D eigenvalue weighted by atomic mass is 32.2. The molecular weight excluding hydrogens is 793 g/mol. The zero-order valence-corrected chi connectivity index (χ0v) is 36.7. The van der Waals surface area contributed by atoms with Crippen LogP contribution in [-0.2, 0) is 27.1 Å². The number of fused-ring (bicyclic) bond motifs is 10. The van der Waals surface area contributed by atoms with E-state index in [4.69, 9.17) is 14.2 Å². The van der Waals surface area contributed by atoms with Gasteiger partial charge in [-0.2, -0.15) is 17.0 Å². The quantitative estimate of drug-likeness (QED) is 0.0971. The van der Waals surface area contributed by atoms with Crippen LogP contribution in [0.5, 0.6) is 23.0 Å². The predicted molar refractivity (Wildman–Crippen MR) is 233 cm³/mol. The number of aromatic hydroxyl groups is 3. The second-order valence-electron chi connectivity index (χ2n) is 17.8. The molecule has 4 aliphatic rings. The number of hydrogen-bond donors (Lipinski definition) is 4. The van der Waals surface area contributed by atoms with Gasteiger partial charge in [-0.05, 0) is 106 Å². The highest BCUT2D eigenvalue weighted by Crippen LogP contribution is 2.56. The monoisotopic (exact) mass is 846 g/mol. The number of carbonyl (C=O) groups is 2. The minimum absolute atomic E-state index is 0.0252. The van der Waals surface area contributed by atoms with Gasteiger partial charge in [0, 0.05) is 46.2 Å². The molecule has 1 saturated heterocycles. The van der Waals surface area contributed by atoms with Crippen molar-refractivity contribution in [3.63, 3.8) is 0 Å². The van der Waals surface area contributed by atoms with Gasteiger partial charge >= 0.3 is 12.1 Å². The van der Waals surface area contributed by atoms with Gasteiger partial charge in [0.1, 0.15) is 35.8 Å². The molecule has 13 heteroatoms. The topological polar surface area (TPSA) is 165 Å². The fourth-order valence-corrected chi connectivity index (χ4v) is 11.5. The van der Waals surface area contributed by atoms with Gasteiger partial charge in [-0.15, -0.1) is 0 Å². The molecule has 0 aromatic heterocycles. The number of aryl methyl sites for hydroxylation is 1. The van der Waals surface area contributed by atoms with E-state index in [-0.39, 0.29) is 48.0 Å². The predicted octanol–water partition coefficient (Wildman–Crippen LogP) is 7.49. The van der Waals surface area contributed by atoms with Crippen molar-refractivity contribution < 1.29 is 39.1 Å². The van der Waals surface area contributed by atoms with Crippen molar-refractivity contribution in [2.24, 2.45) is 0 Å². The first-order chi connectivity index (χ1) is 29.1. The Morgan fingerprint density at radius 3 is 2.20 bits per heavy atom. The second kappa shape index (κ2) is 16.1. The molecule has 1 fully saturated rings. The summed E-state index contributed by atoms with van der Waals surface area (Å²) >= 11 is 1.53. The summed E-state index contributed by atoms with van der Waals surface area (Å²) in [7, 11) is 3.47. The third kappa shape index (κ3) is 7.22. The third-order valence-corrected chi connectivity index (χ3v) is 14.3. The lowest BCUT2D eigenvalue weighted by molar-refractivity contribution is -0.151. The largest absolute Gasteiger partial charge is 0.507 e. The van der Waals surface area contributed by atoms with Gasteiger partial charge in [0.2, 0.25) is 0 Å². The lowest BCUT2D eigenvalue weighted by Crippen LogP contribution is -2.68. The van der Waals surface area contributed by atoms with Crippen molar-refractivity contribution >= 4 is 23.8 Å². The standard InChI is InChI=1S/C48H54N4O8S/c1-24-17-27-18-35-37(20-49)52-36(41(51(35)7)39(27)44(55)45(24)58-8)19-32-40(43(54)26(3)25(2)42(32)53)38(52)21-59-46(56)34(50-47(57)60-48(4,5)6)23-61-22-33-30-15-11-9-13-28(30)29-14-10-12-16-31(29)33/h9-17,33-38,41,53-55H,18-19,21-23H2,1-8H3,(H,50,57)/t34-,35+,36+,37+,38+,41+/m1/s1. The van der Waals surface area contributed by atoms with Crippen LogP contribution in [0.3, 0.4) is 0 Å². The number of thioether (sulfide) groups is 1. The molecule has 0 spiro atoms. The zero-order valence-electron chi connectivity index (χ0n) is 35.9. The maximum Gasteiger partial charge on any atom is 0.408 e. The SMILES string of the molecule is COc1c(C)cc2c(c1O)[C@@H]1[C@@H]3Cc4c(O)c(C)c(C)c(O)c4[C@H](COC(=O)[C@@H](CSCC4c5ccccc5-c5ccccc54)NC(=O)OC(C)(C)C)N3[C@@H](C#N)[C@H](C2)N1C. The maximum absolute atomic E-state index is 14.4. The molecule has 3 heterocycles. The van der Waals surface area contributed by atoms with E-state index in [1.165, 1.54) is 41.1 Å². The molecule has 1 amide bonds. The van der Waals surface area contributed by atoms with Crippen LogP contribution in [-0.4, -0.2) is 99.2 Å². The molecule has 0 unspecified atom stereocenters. The van der Waals surface area contributed by atoms with Gasteiger partial charge in [0.15, 0.2) is 11.5 Å². The molecule has 61 heavy (non-hydrogen) atoms. The lowest BCUT2D eigenvalue weighted by atomic mass is 9.71. The number of alkyl carbamates (subject to hydrolysis) is 1. The van der Waals surface area contributed by atoms with Crippen molar-refractivity contribution in [1.82, 2.24) is 15.1 Å². The van der Waals surface area contributed by atoms with E-state index >= 15 is 0 Å². The number of phenols is 3. The molecule has 0 saturated carbocycles. The molecule has 0 radical (unpaired) electrons. The van der Waals surface area contributed by atoms with Crippen LogP contribution in [0, 0.1) is 32.1 Å². The smallest absolute Gasteiger partial charge is 0.408 e. The van der Waals surface area contributed by atoms with Crippen LogP contribution < -0.4 is 10.1 Å². The van der Waals surface area contributed by atoms with E-state index in [9.17, 15) is 30.2 Å². The molecular formula is C48H54N4O8S. The number of nitrogens with one attached hydrogen (secondary N) is 1. The highest BCUT2D eigenvalue weighted by molar-refractivity contribution is 7.99. The number of piperazine rings is 1. The Bertz CT molecular complexity index is 2410. The highest BCUT2D eigenvalue weighted by Gasteiger charge is 2.56. The van der Waals surface area contributed by atoms with Crippen molar-refractivity contribution in [2.45, 2.75) is 102 Å². The first-order valence-corrected chi connectivity index (χ1v) is 22.0. The minimum atomic E-state index is -1.11. The number of esters is 1. The number of amides is 1. The number of rotatable bonds is 9. The van der Waals surface area contributed by atoms with E-state index in [1.54, 1.807) is 34.6 Å². The molecule has 8 rings (SSSR count). The van der Waals surface area contributed by atoms with Crippen LogP contribution >= 0.6 is 11.8 Å². The van der Waals surface area contributed by atoms with Crippen LogP contribution in [0.25, 0.3) is 11.1 Å². The number of phenolic OH excluding ortho intramolecular Hbond substituents is 3. The van der Waals surface area contributed by atoms with Gasteiger partial charge in [0.05, 0.1) is 25.3 Å². The Morgan fingerprint density at radius 1 is 0.934 bits per heavy atom. The molecule has 320 valence electrons. The van der Waals surface area contributed by atoms with Gasteiger partial charge in [-0.1, -0.05) is 54.6 Å². The normalized spacial score (nSPS) is 22.1. The van der Waals surface area contributed by atoms with Gasteiger partial charge < -0.3 is 34.8 Å². The maximum atomic E-state index is 14.4. The Hall–Kier alpha value is -5.42. The Labute approximate surface area is 361 Å². The number of methoxy groups -OCH3 is 1. The first kappa shape index (κ1) is 42.3.